The fourth-order valence-corrected chi connectivity index (χ4v) is 5.62. The number of ether oxygens (including phenoxy) is 1. The van der Waals surface area contributed by atoms with Crippen molar-refractivity contribution in [2.45, 2.75) is 19.3 Å². The first-order valence-corrected chi connectivity index (χ1v) is 12.6. The van der Waals surface area contributed by atoms with Crippen LogP contribution in [0.2, 0.25) is 0 Å². The lowest BCUT2D eigenvalue weighted by Crippen LogP contribution is -2.46. The van der Waals surface area contributed by atoms with Gasteiger partial charge in [-0.1, -0.05) is 0 Å². The SMILES string of the molecule is COc1cc(N2CCC3(CCN(C(=O)c4ccc(-n5cccc5)cc4)CC3)C2=O)ccc1-c1cn[nH]c1. The largest absolute Gasteiger partial charge is 0.496 e. The van der Waals surface area contributed by atoms with Gasteiger partial charge in [0.2, 0.25) is 5.91 Å². The van der Waals surface area contributed by atoms with Gasteiger partial charge in [0.25, 0.3) is 5.91 Å². The zero-order valence-corrected chi connectivity index (χ0v) is 20.8. The Labute approximate surface area is 215 Å². The van der Waals surface area contributed by atoms with Crippen molar-refractivity contribution in [2.24, 2.45) is 5.41 Å². The van der Waals surface area contributed by atoms with Crippen LogP contribution in [0.5, 0.6) is 5.75 Å². The van der Waals surface area contributed by atoms with Gasteiger partial charge in [0.1, 0.15) is 5.75 Å². The number of piperidine rings is 1. The number of hydrogen-bond donors (Lipinski definition) is 1. The minimum absolute atomic E-state index is 0.0239. The van der Waals surface area contributed by atoms with Gasteiger partial charge in [-0.15, -0.1) is 0 Å². The molecule has 1 spiro atoms. The number of H-pyrrole nitrogens is 1. The molecule has 0 bridgehead atoms. The summed E-state index contributed by atoms with van der Waals surface area (Å²) in [5.74, 6) is 0.875. The summed E-state index contributed by atoms with van der Waals surface area (Å²) in [6, 6.07) is 17.5. The van der Waals surface area contributed by atoms with Gasteiger partial charge in [-0.05, 0) is 67.8 Å². The maximum absolute atomic E-state index is 13.7. The molecule has 2 aliphatic heterocycles. The molecule has 0 aliphatic carbocycles. The smallest absolute Gasteiger partial charge is 0.253 e. The van der Waals surface area contributed by atoms with Gasteiger partial charge in [0.05, 0.1) is 18.7 Å². The first-order valence-electron chi connectivity index (χ1n) is 12.6. The average Bonchev–Trinajstić information content (AvgIpc) is 3.72. The summed E-state index contributed by atoms with van der Waals surface area (Å²) in [6.07, 6.45) is 9.68. The van der Waals surface area contributed by atoms with Crippen LogP contribution in [-0.4, -0.2) is 58.2 Å². The average molecular weight is 496 g/mol. The summed E-state index contributed by atoms with van der Waals surface area (Å²) in [5.41, 5.74) is 3.98. The zero-order chi connectivity index (χ0) is 25.4. The van der Waals surface area contributed by atoms with Gasteiger partial charge < -0.3 is 19.1 Å². The van der Waals surface area contributed by atoms with E-state index >= 15 is 0 Å². The van der Waals surface area contributed by atoms with Crippen molar-refractivity contribution in [3.8, 4) is 22.6 Å². The third-order valence-electron chi connectivity index (χ3n) is 7.84. The molecule has 1 N–H and O–H groups in total. The van der Waals surface area contributed by atoms with Crippen LogP contribution >= 0.6 is 0 Å². The third-order valence-corrected chi connectivity index (χ3v) is 7.84. The summed E-state index contributed by atoms with van der Waals surface area (Å²) < 4.78 is 7.64. The van der Waals surface area contributed by atoms with E-state index in [9.17, 15) is 9.59 Å². The highest BCUT2D eigenvalue weighted by molar-refractivity contribution is 6.01. The molecule has 188 valence electrons. The van der Waals surface area contributed by atoms with E-state index in [-0.39, 0.29) is 11.8 Å². The Morgan fingerprint density at radius 2 is 1.68 bits per heavy atom. The number of rotatable bonds is 5. The molecule has 2 aliphatic rings. The molecule has 6 rings (SSSR count). The second kappa shape index (κ2) is 9.28. The van der Waals surface area contributed by atoms with Crippen molar-refractivity contribution < 1.29 is 14.3 Å². The number of amides is 2. The highest BCUT2D eigenvalue weighted by atomic mass is 16.5. The lowest BCUT2D eigenvalue weighted by Gasteiger charge is -2.38. The van der Waals surface area contributed by atoms with Crippen LogP contribution < -0.4 is 9.64 Å². The topological polar surface area (TPSA) is 83.5 Å². The summed E-state index contributed by atoms with van der Waals surface area (Å²) >= 11 is 0. The van der Waals surface area contributed by atoms with Crippen LogP contribution in [0.25, 0.3) is 16.8 Å². The number of hydrogen-bond acceptors (Lipinski definition) is 4. The number of carbonyl (C=O) groups is 2. The molecule has 2 saturated heterocycles. The van der Waals surface area contributed by atoms with Crippen molar-refractivity contribution >= 4 is 17.5 Å². The van der Waals surface area contributed by atoms with Crippen LogP contribution in [0.15, 0.2) is 79.4 Å². The highest BCUT2D eigenvalue weighted by Crippen LogP contribution is 2.44. The van der Waals surface area contributed by atoms with Gasteiger partial charge in [0, 0.05) is 72.4 Å². The molecule has 4 aromatic rings. The van der Waals surface area contributed by atoms with E-state index in [2.05, 4.69) is 10.2 Å². The number of methoxy groups -OCH3 is 1. The molecule has 4 heterocycles. The number of aromatic nitrogens is 3. The van der Waals surface area contributed by atoms with E-state index in [4.69, 9.17) is 4.74 Å². The van der Waals surface area contributed by atoms with E-state index in [0.717, 1.165) is 28.9 Å². The number of nitrogens with one attached hydrogen (secondary N) is 1. The molecule has 37 heavy (non-hydrogen) atoms. The Bertz CT molecular complexity index is 1400. The molecular weight excluding hydrogens is 466 g/mol. The molecule has 0 unspecified atom stereocenters. The highest BCUT2D eigenvalue weighted by Gasteiger charge is 2.49. The van der Waals surface area contributed by atoms with Crippen molar-refractivity contribution in [3.63, 3.8) is 0 Å². The molecule has 2 aromatic heterocycles. The Hall–Kier alpha value is -4.33. The molecule has 2 aromatic carbocycles. The maximum atomic E-state index is 13.7. The second-order valence-electron chi connectivity index (χ2n) is 9.79. The number of carbonyl (C=O) groups excluding carboxylic acids is 2. The number of likely N-dealkylation sites (tertiary alicyclic amines) is 1. The van der Waals surface area contributed by atoms with E-state index in [1.165, 1.54) is 0 Å². The fourth-order valence-electron chi connectivity index (χ4n) is 5.62. The van der Waals surface area contributed by atoms with Gasteiger partial charge in [-0.25, -0.2) is 0 Å². The predicted molar refractivity (Wildman–Crippen MR) is 141 cm³/mol. The Balaban J connectivity index is 1.13. The van der Waals surface area contributed by atoms with Crippen molar-refractivity contribution in [1.29, 1.82) is 0 Å². The predicted octanol–water partition coefficient (Wildman–Crippen LogP) is 4.54. The van der Waals surface area contributed by atoms with E-state index in [1.54, 1.807) is 13.3 Å². The quantitative estimate of drug-likeness (QED) is 0.441. The molecule has 0 saturated carbocycles. The molecular formula is C29H29N5O3. The first kappa shape index (κ1) is 23.1. The summed E-state index contributed by atoms with van der Waals surface area (Å²) in [6.45, 7) is 1.84. The number of anilines is 1. The fraction of sp³-hybridized carbons (Fsp3) is 0.276. The van der Waals surface area contributed by atoms with E-state index in [0.29, 0.717) is 43.8 Å². The van der Waals surface area contributed by atoms with Gasteiger partial charge in [-0.3, -0.25) is 14.7 Å². The normalized spacial score (nSPS) is 16.9. The molecule has 0 atom stereocenters. The molecule has 8 heteroatoms. The van der Waals surface area contributed by atoms with Gasteiger partial charge in [-0.2, -0.15) is 5.10 Å². The van der Waals surface area contributed by atoms with E-state index < -0.39 is 5.41 Å². The van der Waals surface area contributed by atoms with Crippen LogP contribution in [-0.2, 0) is 4.79 Å². The number of nitrogens with zero attached hydrogens (tertiary/aromatic N) is 4. The standard InChI is InChI=1S/C29H29N5O3/c1-37-26-18-24(8-9-25(26)22-19-30-31-20-22)34-17-12-29(28(34)36)10-15-33(16-11-29)27(35)21-4-6-23(7-5-21)32-13-2-3-14-32/h2-9,13-14,18-20H,10-12,15-17H2,1H3,(H,30,31). The minimum atomic E-state index is -0.411. The van der Waals surface area contributed by atoms with Crippen molar-refractivity contribution in [2.75, 3.05) is 31.6 Å². The number of benzene rings is 2. The molecule has 0 radical (unpaired) electrons. The third kappa shape index (κ3) is 4.08. The monoisotopic (exact) mass is 495 g/mol. The molecule has 8 nitrogen and oxygen atoms in total. The van der Waals surface area contributed by atoms with Crippen LogP contribution in [0.4, 0.5) is 5.69 Å². The van der Waals surface area contributed by atoms with Crippen LogP contribution in [0.3, 0.4) is 0 Å². The lowest BCUT2D eigenvalue weighted by molar-refractivity contribution is -0.127. The summed E-state index contributed by atoms with van der Waals surface area (Å²) in [4.78, 5) is 30.6. The van der Waals surface area contributed by atoms with Gasteiger partial charge in [0.15, 0.2) is 0 Å². The lowest BCUT2D eigenvalue weighted by atomic mass is 9.77. The summed E-state index contributed by atoms with van der Waals surface area (Å²) in [5, 5.41) is 6.85. The van der Waals surface area contributed by atoms with Gasteiger partial charge >= 0.3 is 0 Å². The first-order chi connectivity index (χ1) is 18.1. The van der Waals surface area contributed by atoms with Crippen LogP contribution in [0, 0.1) is 5.41 Å². The molecule has 2 amide bonds. The van der Waals surface area contributed by atoms with Crippen LogP contribution in [0.1, 0.15) is 29.6 Å². The Morgan fingerprint density at radius 1 is 0.973 bits per heavy atom. The van der Waals surface area contributed by atoms with Crippen molar-refractivity contribution in [3.05, 3.63) is 84.9 Å². The second-order valence-corrected chi connectivity index (χ2v) is 9.79. The summed E-state index contributed by atoms with van der Waals surface area (Å²) in [7, 11) is 1.64. The number of aromatic amines is 1. The van der Waals surface area contributed by atoms with E-state index in [1.807, 2.05) is 87.6 Å². The Morgan fingerprint density at radius 3 is 2.35 bits per heavy atom. The van der Waals surface area contributed by atoms with Crippen molar-refractivity contribution in [1.82, 2.24) is 19.7 Å². The minimum Gasteiger partial charge on any atom is -0.496 e. The Kier molecular flexibility index (Phi) is 5.79. The zero-order valence-electron chi connectivity index (χ0n) is 20.8. The molecule has 2 fully saturated rings. The maximum Gasteiger partial charge on any atom is 0.253 e.